The minimum atomic E-state index is -4.48. The second-order valence-corrected chi connectivity index (χ2v) is 4.69. The summed E-state index contributed by atoms with van der Waals surface area (Å²) in [7, 11) is 0. The number of aromatic nitrogens is 2. The molecule has 0 amide bonds. The van der Waals surface area contributed by atoms with E-state index in [0.29, 0.717) is 23.2 Å². The Labute approximate surface area is 128 Å². The summed E-state index contributed by atoms with van der Waals surface area (Å²) in [6.07, 6.45) is -2.82. The minimum absolute atomic E-state index is 0.190. The highest BCUT2D eigenvalue weighted by Gasteiger charge is 2.32. The van der Waals surface area contributed by atoms with Crippen molar-refractivity contribution in [3.63, 3.8) is 0 Å². The summed E-state index contributed by atoms with van der Waals surface area (Å²) in [6.45, 7) is 0. The van der Waals surface area contributed by atoms with Crippen LogP contribution in [0.15, 0.2) is 48.7 Å². The Morgan fingerprint density at radius 3 is 2.43 bits per heavy atom. The molecule has 0 bridgehead atoms. The van der Waals surface area contributed by atoms with Crippen LogP contribution >= 0.6 is 0 Å². The number of halogens is 3. The molecule has 0 N–H and O–H groups in total. The molecule has 0 saturated heterocycles. The van der Waals surface area contributed by atoms with Crippen molar-refractivity contribution in [1.29, 1.82) is 0 Å². The lowest BCUT2D eigenvalue weighted by Gasteiger charge is -2.08. The fourth-order valence-electron chi connectivity index (χ4n) is 1.99. The number of fused-ring (bicyclic) bond motifs is 1. The molecular formula is C16H9F3N2O2. The van der Waals surface area contributed by atoms with E-state index in [1.54, 1.807) is 30.3 Å². The van der Waals surface area contributed by atoms with Gasteiger partial charge in [0, 0.05) is 5.39 Å². The van der Waals surface area contributed by atoms with Gasteiger partial charge in [0.1, 0.15) is 22.9 Å². The van der Waals surface area contributed by atoms with Crippen LogP contribution in [0.2, 0.25) is 0 Å². The Bertz CT molecular complexity index is 861. The molecule has 2 heterocycles. The number of carbonyl (C=O) groups excluding carboxylic acids is 1. The maximum Gasteiger partial charge on any atom is 0.433 e. The number of benzene rings is 1. The van der Waals surface area contributed by atoms with Gasteiger partial charge in [-0.3, -0.25) is 4.79 Å². The topological polar surface area (TPSA) is 52.1 Å². The first-order chi connectivity index (χ1) is 11.0. The normalized spacial score (nSPS) is 11.4. The van der Waals surface area contributed by atoms with Crippen molar-refractivity contribution < 1.29 is 22.7 Å². The highest BCUT2D eigenvalue weighted by Crippen LogP contribution is 2.30. The third-order valence-electron chi connectivity index (χ3n) is 3.07. The molecule has 0 unspecified atom stereocenters. The van der Waals surface area contributed by atoms with Crippen LogP contribution < -0.4 is 4.74 Å². The van der Waals surface area contributed by atoms with Gasteiger partial charge in [-0.05, 0) is 36.4 Å². The summed E-state index contributed by atoms with van der Waals surface area (Å²) in [5, 5.41) is 0.743. The zero-order valence-corrected chi connectivity index (χ0v) is 11.5. The van der Waals surface area contributed by atoms with Crippen LogP contribution in [0.1, 0.15) is 16.2 Å². The van der Waals surface area contributed by atoms with Gasteiger partial charge in [-0.25, -0.2) is 9.97 Å². The fourth-order valence-corrected chi connectivity index (χ4v) is 1.99. The first-order valence-corrected chi connectivity index (χ1v) is 6.53. The number of aldehydes is 1. The van der Waals surface area contributed by atoms with Crippen molar-refractivity contribution in [2.75, 3.05) is 0 Å². The lowest BCUT2D eigenvalue weighted by atomic mass is 10.2. The largest absolute Gasteiger partial charge is 0.456 e. The smallest absolute Gasteiger partial charge is 0.433 e. The Kier molecular flexibility index (Phi) is 3.69. The maximum atomic E-state index is 12.4. The first-order valence-electron chi connectivity index (χ1n) is 6.53. The molecule has 0 atom stereocenters. The number of nitrogens with zero attached hydrogens (tertiary/aromatic N) is 2. The van der Waals surface area contributed by atoms with E-state index < -0.39 is 11.9 Å². The molecule has 3 rings (SSSR count). The van der Waals surface area contributed by atoms with Gasteiger partial charge in [0.05, 0.1) is 11.7 Å². The molecule has 0 aliphatic rings. The average Bonchev–Trinajstić information content (AvgIpc) is 2.54. The molecular weight excluding hydrogens is 309 g/mol. The van der Waals surface area contributed by atoms with Gasteiger partial charge in [0.2, 0.25) is 0 Å². The molecule has 4 nitrogen and oxygen atoms in total. The third kappa shape index (κ3) is 3.28. The van der Waals surface area contributed by atoms with Crippen LogP contribution in [0.5, 0.6) is 11.5 Å². The number of hydrogen-bond acceptors (Lipinski definition) is 4. The standard InChI is InChI=1S/C16H9F3N2O2/c17-16(18,19)15-6-4-13(8-20-15)23-12-3-5-14-10(7-12)1-2-11(9-22)21-14/h1-9H. The predicted octanol–water partition coefficient (Wildman–Crippen LogP) is 4.25. The summed E-state index contributed by atoms with van der Waals surface area (Å²) in [6, 6.07) is 10.3. The SMILES string of the molecule is O=Cc1ccc2cc(Oc3ccc(C(F)(F)F)nc3)ccc2n1. The summed E-state index contributed by atoms with van der Waals surface area (Å²) < 4.78 is 42.8. The second-order valence-electron chi connectivity index (χ2n) is 4.69. The van der Waals surface area contributed by atoms with Crippen LogP contribution in [0.4, 0.5) is 13.2 Å². The number of hydrogen-bond donors (Lipinski definition) is 0. The summed E-state index contributed by atoms with van der Waals surface area (Å²) in [4.78, 5) is 18.1. The molecule has 0 fully saturated rings. The zero-order valence-electron chi connectivity index (χ0n) is 11.5. The Hall–Kier alpha value is -2.96. The van der Waals surface area contributed by atoms with Crippen LogP contribution in [-0.4, -0.2) is 16.3 Å². The van der Waals surface area contributed by atoms with Crippen LogP contribution in [0, 0.1) is 0 Å². The van der Waals surface area contributed by atoms with E-state index in [1.165, 1.54) is 6.07 Å². The summed E-state index contributed by atoms with van der Waals surface area (Å²) in [5.41, 5.74) is -0.0421. The van der Waals surface area contributed by atoms with E-state index in [2.05, 4.69) is 9.97 Å². The van der Waals surface area contributed by atoms with Crippen LogP contribution in [0.25, 0.3) is 10.9 Å². The van der Waals surface area contributed by atoms with Crippen molar-refractivity contribution in [3.8, 4) is 11.5 Å². The van der Waals surface area contributed by atoms with E-state index in [1.807, 2.05) is 0 Å². The van der Waals surface area contributed by atoms with Crippen molar-refractivity contribution in [2.24, 2.45) is 0 Å². The monoisotopic (exact) mass is 318 g/mol. The number of alkyl halides is 3. The number of rotatable bonds is 3. The molecule has 7 heteroatoms. The molecule has 23 heavy (non-hydrogen) atoms. The lowest BCUT2D eigenvalue weighted by molar-refractivity contribution is -0.141. The van der Waals surface area contributed by atoms with E-state index >= 15 is 0 Å². The van der Waals surface area contributed by atoms with Crippen molar-refractivity contribution in [3.05, 3.63) is 60.0 Å². The molecule has 1 aromatic carbocycles. The minimum Gasteiger partial charge on any atom is -0.456 e. The van der Waals surface area contributed by atoms with Gasteiger partial charge >= 0.3 is 6.18 Å². The van der Waals surface area contributed by atoms with E-state index in [4.69, 9.17) is 4.74 Å². The molecule has 0 aliphatic heterocycles. The van der Waals surface area contributed by atoms with E-state index in [9.17, 15) is 18.0 Å². The average molecular weight is 318 g/mol. The molecule has 116 valence electrons. The van der Waals surface area contributed by atoms with Gasteiger partial charge in [0.25, 0.3) is 0 Å². The van der Waals surface area contributed by atoms with Gasteiger partial charge in [-0.1, -0.05) is 6.07 Å². The van der Waals surface area contributed by atoms with Crippen molar-refractivity contribution in [2.45, 2.75) is 6.18 Å². The molecule has 0 aliphatic carbocycles. The van der Waals surface area contributed by atoms with Crippen LogP contribution in [0.3, 0.4) is 0 Å². The predicted molar refractivity (Wildman–Crippen MR) is 76.4 cm³/mol. The van der Waals surface area contributed by atoms with E-state index in [0.717, 1.165) is 17.6 Å². The molecule has 3 aromatic rings. The molecule has 0 spiro atoms. The van der Waals surface area contributed by atoms with Gasteiger partial charge in [-0.2, -0.15) is 13.2 Å². The summed E-state index contributed by atoms with van der Waals surface area (Å²) >= 11 is 0. The number of pyridine rings is 2. The highest BCUT2D eigenvalue weighted by molar-refractivity contribution is 5.84. The Balaban J connectivity index is 1.85. The quantitative estimate of drug-likeness (QED) is 0.677. The van der Waals surface area contributed by atoms with Gasteiger partial charge in [-0.15, -0.1) is 0 Å². The third-order valence-corrected chi connectivity index (χ3v) is 3.07. The van der Waals surface area contributed by atoms with E-state index in [-0.39, 0.29) is 5.75 Å². The number of carbonyl (C=O) groups is 1. The molecule has 0 radical (unpaired) electrons. The number of ether oxygens (including phenoxy) is 1. The van der Waals surface area contributed by atoms with Crippen molar-refractivity contribution >= 4 is 17.2 Å². The molecule has 2 aromatic heterocycles. The van der Waals surface area contributed by atoms with Crippen LogP contribution in [-0.2, 0) is 6.18 Å². The first kappa shape index (κ1) is 15.0. The zero-order chi connectivity index (χ0) is 16.4. The van der Waals surface area contributed by atoms with Gasteiger partial charge < -0.3 is 4.74 Å². The highest BCUT2D eigenvalue weighted by atomic mass is 19.4. The fraction of sp³-hybridized carbons (Fsp3) is 0.0625. The molecule has 0 saturated carbocycles. The Morgan fingerprint density at radius 2 is 1.78 bits per heavy atom. The summed E-state index contributed by atoms with van der Waals surface area (Å²) in [5.74, 6) is 0.620. The Morgan fingerprint density at radius 1 is 1.00 bits per heavy atom. The maximum absolute atomic E-state index is 12.4. The second kappa shape index (κ2) is 5.68. The van der Waals surface area contributed by atoms with Gasteiger partial charge in [0.15, 0.2) is 6.29 Å². The van der Waals surface area contributed by atoms with Crippen molar-refractivity contribution in [1.82, 2.24) is 9.97 Å². The lowest BCUT2D eigenvalue weighted by Crippen LogP contribution is -2.07.